The Bertz CT molecular complexity index is 431. The third kappa shape index (κ3) is 3.43. The number of rotatable bonds is 2. The minimum atomic E-state index is -0.413. The number of nitrogens with zero attached hydrogens (tertiary/aromatic N) is 1. The van der Waals surface area contributed by atoms with E-state index in [0.717, 1.165) is 26.1 Å². The molecule has 0 unspecified atom stereocenters. The van der Waals surface area contributed by atoms with Crippen molar-refractivity contribution in [2.45, 2.75) is 12.8 Å². The Morgan fingerprint density at radius 2 is 2.22 bits per heavy atom. The maximum Gasteiger partial charge on any atom is 0.227 e. The molecule has 1 fully saturated rings. The zero-order chi connectivity index (χ0) is 13.0. The van der Waals surface area contributed by atoms with Crippen LogP contribution in [0.3, 0.4) is 0 Å². The quantitative estimate of drug-likeness (QED) is 0.889. The standard InChI is InChI=1S/C13H16ClFN2O/c14-11-3-2-10(12(15)9-11)8-13(18)17-6-1-4-16-5-7-17/h2-3,9,16H,1,4-8H2. The average molecular weight is 271 g/mol. The van der Waals surface area contributed by atoms with E-state index in [1.807, 2.05) is 0 Å². The van der Waals surface area contributed by atoms with Gasteiger partial charge in [0.15, 0.2) is 0 Å². The normalized spacial score (nSPS) is 16.4. The van der Waals surface area contributed by atoms with E-state index in [9.17, 15) is 9.18 Å². The van der Waals surface area contributed by atoms with Crippen LogP contribution in [0.15, 0.2) is 18.2 Å². The number of halogens is 2. The summed E-state index contributed by atoms with van der Waals surface area (Å²) in [7, 11) is 0. The number of hydrogen-bond donors (Lipinski definition) is 1. The highest BCUT2D eigenvalue weighted by Crippen LogP contribution is 2.15. The molecule has 98 valence electrons. The van der Waals surface area contributed by atoms with Crippen molar-refractivity contribution in [3.63, 3.8) is 0 Å². The van der Waals surface area contributed by atoms with Crippen LogP contribution in [-0.2, 0) is 11.2 Å². The smallest absolute Gasteiger partial charge is 0.227 e. The Labute approximate surface area is 111 Å². The second-order valence-electron chi connectivity index (χ2n) is 4.40. The molecule has 1 aromatic rings. The largest absolute Gasteiger partial charge is 0.341 e. The van der Waals surface area contributed by atoms with Crippen molar-refractivity contribution >= 4 is 17.5 Å². The molecular formula is C13H16ClFN2O. The second kappa shape index (κ2) is 6.16. The van der Waals surface area contributed by atoms with Gasteiger partial charge in [-0.05, 0) is 30.7 Å². The van der Waals surface area contributed by atoms with E-state index in [4.69, 9.17) is 11.6 Å². The average Bonchev–Trinajstić information content (AvgIpc) is 2.61. The van der Waals surface area contributed by atoms with Crippen LogP contribution in [0, 0.1) is 5.82 Å². The number of nitrogens with one attached hydrogen (secondary N) is 1. The summed E-state index contributed by atoms with van der Waals surface area (Å²) in [6, 6.07) is 4.43. The van der Waals surface area contributed by atoms with Gasteiger partial charge in [-0.1, -0.05) is 17.7 Å². The molecule has 18 heavy (non-hydrogen) atoms. The lowest BCUT2D eigenvalue weighted by atomic mass is 10.1. The van der Waals surface area contributed by atoms with Crippen LogP contribution < -0.4 is 5.32 Å². The molecule has 1 N–H and O–H groups in total. The van der Waals surface area contributed by atoms with Crippen LogP contribution in [-0.4, -0.2) is 37.0 Å². The molecule has 1 aliphatic heterocycles. The lowest BCUT2D eigenvalue weighted by Crippen LogP contribution is -2.35. The highest BCUT2D eigenvalue weighted by atomic mass is 35.5. The molecule has 0 saturated carbocycles. The van der Waals surface area contributed by atoms with Crippen molar-refractivity contribution < 1.29 is 9.18 Å². The lowest BCUT2D eigenvalue weighted by Gasteiger charge is -2.20. The van der Waals surface area contributed by atoms with Crippen molar-refractivity contribution in [2.24, 2.45) is 0 Å². The lowest BCUT2D eigenvalue weighted by molar-refractivity contribution is -0.130. The molecule has 1 aliphatic rings. The molecule has 1 saturated heterocycles. The fourth-order valence-corrected chi connectivity index (χ4v) is 2.19. The monoisotopic (exact) mass is 270 g/mol. The Morgan fingerprint density at radius 3 is 3.00 bits per heavy atom. The van der Waals surface area contributed by atoms with E-state index in [1.54, 1.807) is 17.0 Å². The predicted molar refractivity (Wildman–Crippen MR) is 69.2 cm³/mol. The third-order valence-corrected chi connectivity index (χ3v) is 3.28. The second-order valence-corrected chi connectivity index (χ2v) is 4.83. The topological polar surface area (TPSA) is 32.3 Å². The van der Waals surface area contributed by atoms with Crippen LogP contribution in [0.25, 0.3) is 0 Å². The van der Waals surface area contributed by atoms with Crippen molar-refractivity contribution in [1.29, 1.82) is 0 Å². The summed E-state index contributed by atoms with van der Waals surface area (Å²) in [4.78, 5) is 13.8. The first-order chi connectivity index (χ1) is 8.66. The molecule has 0 spiro atoms. The predicted octanol–water partition coefficient (Wildman–Crippen LogP) is 1.84. The number of carbonyl (C=O) groups excluding carboxylic acids is 1. The summed E-state index contributed by atoms with van der Waals surface area (Å²) in [6.07, 6.45) is 1.04. The van der Waals surface area contributed by atoms with Crippen molar-refractivity contribution in [2.75, 3.05) is 26.2 Å². The zero-order valence-corrected chi connectivity index (χ0v) is 10.8. The van der Waals surface area contributed by atoms with Crippen LogP contribution in [0.2, 0.25) is 5.02 Å². The summed E-state index contributed by atoms with van der Waals surface area (Å²) in [6.45, 7) is 3.16. The first-order valence-corrected chi connectivity index (χ1v) is 6.47. The SMILES string of the molecule is O=C(Cc1ccc(Cl)cc1F)N1CCCNCC1. The van der Waals surface area contributed by atoms with Gasteiger partial charge in [-0.25, -0.2) is 4.39 Å². The van der Waals surface area contributed by atoms with Crippen molar-refractivity contribution in [3.05, 3.63) is 34.6 Å². The maximum absolute atomic E-state index is 13.6. The van der Waals surface area contributed by atoms with Crippen LogP contribution in [0.5, 0.6) is 0 Å². The molecule has 1 aromatic carbocycles. The minimum absolute atomic E-state index is 0.0278. The van der Waals surface area contributed by atoms with Gasteiger partial charge in [-0.15, -0.1) is 0 Å². The van der Waals surface area contributed by atoms with Gasteiger partial charge in [0.1, 0.15) is 5.82 Å². The first-order valence-electron chi connectivity index (χ1n) is 6.09. The first kappa shape index (κ1) is 13.3. The Morgan fingerprint density at radius 1 is 1.39 bits per heavy atom. The molecule has 0 atom stereocenters. The molecule has 3 nitrogen and oxygen atoms in total. The molecule has 1 amide bonds. The molecule has 5 heteroatoms. The summed E-state index contributed by atoms with van der Waals surface area (Å²) >= 11 is 5.68. The van der Waals surface area contributed by atoms with Crippen LogP contribution in [0.1, 0.15) is 12.0 Å². The summed E-state index contributed by atoms with van der Waals surface area (Å²) in [5.74, 6) is -0.441. The Kier molecular flexibility index (Phi) is 4.55. The van der Waals surface area contributed by atoms with Crippen LogP contribution >= 0.6 is 11.6 Å². The maximum atomic E-state index is 13.6. The number of amides is 1. The fourth-order valence-electron chi connectivity index (χ4n) is 2.03. The third-order valence-electron chi connectivity index (χ3n) is 3.05. The highest BCUT2D eigenvalue weighted by Gasteiger charge is 2.17. The summed E-state index contributed by atoms with van der Waals surface area (Å²) < 4.78 is 13.6. The summed E-state index contributed by atoms with van der Waals surface area (Å²) in [5, 5.41) is 3.58. The van der Waals surface area contributed by atoms with Gasteiger partial charge < -0.3 is 10.2 Å². The number of benzene rings is 1. The molecule has 1 heterocycles. The number of hydrogen-bond acceptors (Lipinski definition) is 2. The van der Waals surface area contributed by atoms with Crippen molar-refractivity contribution in [3.8, 4) is 0 Å². The van der Waals surface area contributed by atoms with Crippen LogP contribution in [0.4, 0.5) is 4.39 Å². The Balaban J connectivity index is 2.01. The van der Waals surface area contributed by atoms with E-state index >= 15 is 0 Å². The highest BCUT2D eigenvalue weighted by molar-refractivity contribution is 6.30. The molecule has 0 bridgehead atoms. The molecule has 0 radical (unpaired) electrons. The zero-order valence-electron chi connectivity index (χ0n) is 10.1. The van der Waals surface area contributed by atoms with E-state index in [1.165, 1.54) is 6.07 Å². The van der Waals surface area contributed by atoms with Gasteiger partial charge in [-0.3, -0.25) is 4.79 Å². The number of carbonyl (C=O) groups is 1. The van der Waals surface area contributed by atoms with Gasteiger partial charge >= 0.3 is 0 Å². The van der Waals surface area contributed by atoms with Gasteiger partial charge in [0.2, 0.25) is 5.91 Å². The molecule has 2 rings (SSSR count). The van der Waals surface area contributed by atoms with Crippen molar-refractivity contribution in [1.82, 2.24) is 10.2 Å². The van der Waals surface area contributed by atoms with E-state index in [2.05, 4.69) is 5.32 Å². The van der Waals surface area contributed by atoms with E-state index < -0.39 is 5.82 Å². The minimum Gasteiger partial charge on any atom is -0.341 e. The molecule has 0 aromatic heterocycles. The van der Waals surface area contributed by atoms with Gasteiger partial charge in [0, 0.05) is 24.7 Å². The summed E-state index contributed by atoms with van der Waals surface area (Å²) in [5.41, 5.74) is 0.404. The fraction of sp³-hybridized carbons (Fsp3) is 0.462. The van der Waals surface area contributed by atoms with Gasteiger partial charge in [0.05, 0.1) is 6.42 Å². The van der Waals surface area contributed by atoms with E-state index in [0.29, 0.717) is 17.1 Å². The van der Waals surface area contributed by atoms with Gasteiger partial charge in [-0.2, -0.15) is 0 Å². The van der Waals surface area contributed by atoms with Gasteiger partial charge in [0.25, 0.3) is 0 Å². The van der Waals surface area contributed by atoms with E-state index in [-0.39, 0.29) is 12.3 Å². The Hall–Kier alpha value is -1.13. The molecule has 0 aliphatic carbocycles. The molecular weight excluding hydrogens is 255 g/mol.